The van der Waals surface area contributed by atoms with Gasteiger partial charge in [-0.1, -0.05) is 0 Å². The molecule has 4 heteroatoms. The van der Waals surface area contributed by atoms with Crippen LogP contribution in [0.15, 0.2) is 18.5 Å². The van der Waals surface area contributed by atoms with Crippen molar-refractivity contribution in [2.24, 2.45) is 5.92 Å². The third-order valence-electron chi connectivity index (χ3n) is 2.87. The highest BCUT2D eigenvalue weighted by Crippen LogP contribution is 2.25. The first-order valence-electron chi connectivity index (χ1n) is 5.36. The fraction of sp³-hybridized carbons (Fsp3) is 0.545. The third-order valence-corrected chi connectivity index (χ3v) is 2.87. The van der Waals surface area contributed by atoms with Crippen molar-refractivity contribution < 1.29 is 5.11 Å². The smallest absolute Gasteiger partial charge is 0.0547 e. The lowest BCUT2D eigenvalue weighted by Crippen LogP contribution is -2.12. The van der Waals surface area contributed by atoms with Gasteiger partial charge in [-0.3, -0.25) is 4.98 Å². The summed E-state index contributed by atoms with van der Waals surface area (Å²) in [5.74, 6) is 0.571. The predicted octanol–water partition coefficient (Wildman–Crippen LogP) is 1.24. The molecule has 0 saturated heterocycles. The van der Waals surface area contributed by atoms with E-state index >= 15 is 0 Å². The van der Waals surface area contributed by atoms with Crippen molar-refractivity contribution in [1.82, 2.24) is 4.98 Å². The van der Waals surface area contributed by atoms with Gasteiger partial charge < -0.3 is 16.2 Å². The van der Waals surface area contributed by atoms with Crippen molar-refractivity contribution >= 4 is 11.4 Å². The topological polar surface area (TPSA) is 71.2 Å². The molecule has 2 unspecified atom stereocenters. The van der Waals surface area contributed by atoms with Gasteiger partial charge in [0.05, 0.1) is 23.7 Å². The fourth-order valence-electron chi connectivity index (χ4n) is 2.05. The normalized spacial score (nSPS) is 25.4. The molecule has 0 radical (unpaired) electrons. The predicted molar refractivity (Wildman–Crippen MR) is 60.5 cm³/mol. The number of aliphatic hydroxyl groups excluding tert-OH is 1. The van der Waals surface area contributed by atoms with Crippen LogP contribution < -0.4 is 11.1 Å². The molecule has 1 saturated carbocycles. The lowest BCUT2D eigenvalue weighted by Gasteiger charge is -2.11. The second-order valence-corrected chi connectivity index (χ2v) is 4.22. The van der Waals surface area contributed by atoms with Gasteiger partial charge in [0, 0.05) is 12.7 Å². The average molecular weight is 207 g/mol. The van der Waals surface area contributed by atoms with E-state index in [9.17, 15) is 5.11 Å². The number of hydrogen-bond donors (Lipinski definition) is 3. The minimum absolute atomic E-state index is 0.101. The maximum atomic E-state index is 9.38. The van der Waals surface area contributed by atoms with Crippen LogP contribution in [0.1, 0.15) is 19.3 Å². The van der Waals surface area contributed by atoms with E-state index in [-0.39, 0.29) is 6.10 Å². The molecule has 1 aliphatic rings. The van der Waals surface area contributed by atoms with E-state index in [1.807, 2.05) is 6.07 Å². The first-order valence-corrected chi connectivity index (χ1v) is 5.36. The van der Waals surface area contributed by atoms with Crippen LogP contribution in [0.25, 0.3) is 0 Å². The van der Waals surface area contributed by atoms with E-state index in [1.54, 1.807) is 12.4 Å². The van der Waals surface area contributed by atoms with Gasteiger partial charge in [0.1, 0.15) is 0 Å². The Morgan fingerprint density at radius 3 is 3.00 bits per heavy atom. The number of hydrogen-bond acceptors (Lipinski definition) is 4. The van der Waals surface area contributed by atoms with Crippen molar-refractivity contribution in [3.05, 3.63) is 18.5 Å². The summed E-state index contributed by atoms with van der Waals surface area (Å²) in [6.45, 7) is 0.891. The Labute approximate surface area is 89.5 Å². The Bertz CT molecular complexity index is 329. The number of rotatable bonds is 3. The van der Waals surface area contributed by atoms with Gasteiger partial charge in [-0.2, -0.15) is 0 Å². The molecule has 4 N–H and O–H groups in total. The highest BCUT2D eigenvalue weighted by molar-refractivity contribution is 5.51. The fourth-order valence-corrected chi connectivity index (χ4v) is 2.05. The zero-order chi connectivity index (χ0) is 10.7. The number of nitrogens with two attached hydrogens (primary N) is 1. The summed E-state index contributed by atoms with van der Waals surface area (Å²) in [5.41, 5.74) is 7.25. The lowest BCUT2D eigenvalue weighted by atomic mass is 10.1. The Morgan fingerprint density at radius 2 is 2.33 bits per heavy atom. The molecule has 0 aliphatic heterocycles. The van der Waals surface area contributed by atoms with Gasteiger partial charge in [-0.25, -0.2) is 0 Å². The molecule has 1 aromatic heterocycles. The summed E-state index contributed by atoms with van der Waals surface area (Å²) in [7, 11) is 0. The molecule has 0 spiro atoms. The van der Waals surface area contributed by atoms with Crippen molar-refractivity contribution in [2.45, 2.75) is 25.4 Å². The Hall–Kier alpha value is -1.29. The van der Waals surface area contributed by atoms with E-state index in [4.69, 9.17) is 5.73 Å². The number of nitrogen functional groups attached to an aromatic ring is 1. The third kappa shape index (κ3) is 2.83. The van der Waals surface area contributed by atoms with Crippen LogP contribution >= 0.6 is 0 Å². The number of aromatic nitrogens is 1. The van der Waals surface area contributed by atoms with Crippen LogP contribution in [0.4, 0.5) is 11.4 Å². The molecule has 1 heterocycles. The van der Waals surface area contributed by atoms with Crippen molar-refractivity contribution in [3.8, 4) is 0 Å². The van der Waals surface area contributed by atoms with Crippen LogP contribution in [0.2, 0.25) is 0 Å². The summed E-state index contributed by atoms with van der Waals surface area (Å²) < 4.78 is 0. The molecular formula is C11H17N3O. The highest BCUT2D eigenvalue weighted by Gasteiger charge is 2.22. The second-order valence-electron chi connectivity index (χ2n) is 4.22. The van der Waals surface area contributed by atoms with E-state index in [2.05, 4.69) is 10.3 Å². The quantitative estimate of drug-likeness (QED) is 0.697. The zero-order valence-corrected chi connectivity index (χ0v) is 8.69. The molecule has 2 atom stereocenters. The van der Waals surface area contributed by atoms with Gasteiger partial charge in [0.2, 0.25) is 0 Å². The molecule has 2 rings (SSSR count). The summed E-state index contributed by atoms with van der Waals surface area (Å²) in [4.78, 5) is 4.01. The van der Waals surface area contributed by atoms with E-state index in [1.165, 1.54) is 0 Å². The van der Waals surface area contributed by atoms with Gasteiger partial charge >= 0.3 is 0 Å². The molecular weight excluding hydrogens is 190 g/mol. The Balaban J connectivity index is 1.83. The summed E-state index contributed by atoms with van der Waals surface area (Å²) in [6, 6.07) is 1.87. The minimum atomic E-state index is -0.101. The maximum absolute atomic E-state index is 9.38. The largest absolute Gasteiger partial charge is 0.397 e. The molecule has 0 amide bonds. The number of aliphatic hydroxyl groups is 1. The molecule has 4 nitrogen and oxygen atoms in total. The molecule has 1 fully saturated rings. The molecule has 1 aromatic rings. The standard InChI is InChI=1S/C11H17N3O/c12-9-4-10(7-13-6-9)14-5-8-1-2-11(15)3-8/h4,6-8,11,14-15H,1-3,5,12H2. The lowest BCUT2D eigenvalue weighted by molar-refractivity contribution is 0.178. The zero-order valence-electron chi connectivity index (χ0n) is 8.69. The first-order chi connectivity index (χ1) is 7.24. The molecule has 15 heavy (non-hydrogen) atoms. The Morgan fingerprint density at radius 1 is 1.47 bits per heavy atom. The van der Waals surface area contributed by atoms with Crippen molar-refractivity contribution in [2.75, 3.05) is 17.6 Å². The second kappa shape index (κ2) is 4.49. The van der Waals surface area contributed by atoms with Crippen LogP contribution in [-0.4, -0.2) is 22.7 Å². The summed E-state index contributed by atoms with van der Waals surface area (Å²) in [6.07, 6.45) is 6.23. The van der Waals surface area contributed by atoms with Crippen LogP contribution in [0.5, 0.6) is 0 Å². The van der Waals surface area contributed by atoms with Crippen molar-refractivity contribution in [1.29, 1.82) is 0 Å². The van der Waals surface area contributed by atoms with Crippen LogP contribution in [-0.2, 0) is 0 Å². The average Bonchev–Trinajstić information content (AvgIpc) is 2.62. The highest BCUT2D eigenvalue weighted by atomic mass is 16.3. The van der Waals surface area contributed by atoms with Crippen LogP contribution in [0.3, 0.4) is 0 Å². The molecule has 1 aliphatic carbocycles. The number of nitrogens with one attached hydrogen (secondary N) is 1. The number of anilines is 2. The van der Waals surface area contributed by atoms with E-state index in [0.717, 1.165) is 31.5 Å². The number of nitrogens with zero attached hydrogens (tertiary/aromatic N) is 1. The Kier molecular flexibility index (Phi) is 3.06. The van der Waals surface area contributed by atoms with E-state index in [0.29, 0.717) is 11.6 Å². The van der Waals surface area contributed by atoms with Gasteiger partial charge in [0.15, 0.2) is 0 Å². The van der Waals surface area contributed by atoms with Crippen molar-refractivity contribution in [3.63, 3.8) is 0 Å². The van der Waals surface area contributed by atoms with Gasteiger partial charge in [0.25, 0.3) is 0 Å². The van der Waals surface area contributed by atoms with Gasteiger partial charge in [-0.05, 0) is 31.2 Å². The monoisotopic (exact) mass is 207 g/mol. The molecule has 0 aromatic carbocycles. The minimum Gasteiger partial charge on any atom is -0.397 e. The summed E-state index contributed by atoms with van der Waals surface area (Å²) in [5, 5.41) is 12.7. The number of pyridine rings is 1. The molecule has 82 valence electrons. The summed E-state index contributed by atoms with van der Waals surface area (Å²) >= 11 is 0. The SMILES string of the molecule is Nc1cncc(NCC2CCC(O)C2)c1. The molecule has 0 bridgehead atoms. The van der Waals surface area contributed by atoms with Crippen LogP contribution in [0, 0.1) is 5.92 Å². The maximum Gasteiger partial charge on any atom is 0.0547 e. The first kappa shape index (κ1) is 10.2. The van der Waals surface area contributed by atoms with E-state index < -0.39 is 0 Å². The van der Waals surface area contributed by atoms with Gasteiger partial charge in [-0.15, -0.1) is 0 Å².